The third-order valence-electron chi connectivity index (χ3n) is 3.42. The summed E-state index contributed by atoms with van der Waals surface area (Å²) in [5.74, 6) is -1.42. The molecule has 1 fully saturated rings. The molecular weight excluding hydrogens is 274 g/mol. The van der Waals surface area contributed by atoms with E-state index in [4.69, 9.17) is 4.74 Å². The van der Waals surface area contributed by atoms with Crippen LogP contribution in [0.4, 0.5) is 0 Å². The molecule has 116 valence electrons. The number of carbonyl (C=O) groups excluding carboxylic acids is 1. The minimum Gasteiger partial charge on any atom is -0.480 e. The first-order valence-corrected chi connectivity index (χ1v) is 6.90. The summed E-state index contributed by atoms with van der Waals surface area (Å²) in [6, 6.07) is 0.744. The lowest BCUT2D eigenvalue weighted by Crippen LogP contribution is -2.52. The van der Waals surface area contributed by atoms with Crippen LogP contribution in [0.25, 0.3) is 0 Å². The molecule has 0 aromatic carbocycles. The van der Waals surface area contributed by atoms with Gasteiger partial charge >= 0.3 is 5.97 Å². The molecule has 2 rings (SSSR count). The number of amides is 1. The predicted molar refractivity (Wildman–Crippen MR) is 75.2 cm³/mol. The average Bonchev–Trinajstić information content (AvgIpc) is 2.80. The lowest BCUT2D eigenvalue weighted by Gasteiger charge is -2.32. The number of carbonyl (C=O) groups is 2. The van der Waals surface area contributed by atoms with Crippen LogP contribution in [0.15, 0.2) is 6.07 Å². The molecule has 0 saturated carbocycles. The van der Waals surface area contributed by atoms with Crippen LogP contribution in [0.2, 0.25) is 0 Å². The second-order valence-corrected chi connectivity index (χ2v) is 6.18. The first-order valence-electron chi connectivity index (χ1n) is 6.90. The Morgan fingerprint density at radius 2 is 2.10 bits per heavy atom. The second-order valence-electron chi connectivity index (χ2n) is 6.18. The van der Waals surface area contributed by atoms with Gasteiger partial charge in [0, 0.05) is 12.2 Å². The smallest absolute Gasteiger partial charge is 0.328 e. The summed E-state index contributed by atoms with van der Waals surface area (Å²) in [5.41, 5.74) is 0.904. The number of aliphatic carboxylic acids is 1. The number of hydrogen-bond donors (Lipinski definition) is 1. The van der Waals surface area contributed by atoms with Crippen molar-refractivity contribution in [3.05, 3.63) is 17.5 Å². The Morgan fingerprint density at radius 3 is 2.62 bits per heavy atom. The molecule has 0 radical (unpaired) electrons. The molecule has 1 aliphatic heterocycles. The molecule has 0 unspecified atom stereocenters. The Hall–Kier alpha value is -1.89. The van der Waals surface area contributed by atoms with Crippen molar-refractivity contribution in [2.75, 3.05) is 19.8 Å². The van der Waals surface area contributed by atoms with Crippen LogP contribution in [0.1, 0.15) is 37.0 Å². The fourth-order valence-corrected chi connectivity index (χ4v) is 2.46. The van der Waals surface area contributed by atoms with Gasteiger partial charge in [0.05, 0.1) is 18.8 Å². The SMILES string of the molecule is Cc1cc(C(=O)N2CCOC[C@@H]2C(=O)O)nn1C(C)(C)C. The van der Waals surface area contributed by atoms with Crippen LogP contribution >= 0.6 is 0 Å². The molecule has 1 amide bonds. The van der Waals surface area contributed by atoms with Crippen LogP contribution in [-0.2, 0) is 15.1 Å². The van der Waals surface area contributed by atoms with Crippen molar-refractivity contribution in [2.45, 2.75) is 39.3 Å². The highest BCUT2D eigenvalue weighted by Crippen LogP contribution is 2.19. The molecule has 0 bridgehead atoms. The summed E-state index contributed by atoms with van der Waals surface area (Å²) in [6.07, 6.45) is 0. The van der Waals surface area contributed by atoms with Gasteiger partial charge in [-0.2, -0.15) is 5.10 Å². The number of aryl methyl sites for hydroxylation is 1. The van der Waals surface area contributed by atoms with Gasteiger partial charge in [0.25, 0.3) is 5.91 Å². The number of carboxylic acid groups (broad SMARTS) is 1. The van der Waals surface area contributed by atoms with Gasteiger partial charge in [0.15, 0.2) is 11.7 Å². The summed E-state index contributed by atoms with van der Waals surface area (Å²) in [7, 11) is 0. The molecule has 1 aromatic heterocycles. The first kappa shape index (κ1) is 15.5. The number of rotatable bonds is 2. The molecule has 1 N–H and O–H groups in total. The Bertz CT molecular complexity index is 559. The highest BCUT2D eigenvalue weighted by molar-refractivity contribution is 5.95. The van der Waals surface area contributed by atoms with E-state index in [9.17, 15) is 14.7 Å². The van der Waals surface area contributed by atoms with Gasteiger partial charge in [0.1, 0.15) is 0 Å². The molecular formula is C14H21N3O4. The Kier molecular flexibility index (Phi) is 4.04. The van der Waals surface area contributed by atoms with Crippen LogP contribution in [-0.4, -0.2) is 57.5 Å². The molecule has 2 heterocycles. The summed E-state index contributed by atoms with van der Waals surface area (Å²) >= 11 is 0. The standard InChI is InChI=1S/C14H21N3O4/c1-9-7-10(15-17(9)14(2,3)4)12(18)16-5-6-21-8-11(16)13(19)20/h7,11H,5-6,8H2,1-4H3,(H,19,20)/t11-/m1/s1. The molecule has 1 aromatic rings. The van der Waals surface area contributed by atoms with Crippen LogP contribution < -0.4 is 0 Å². The van der Waals surface area contributed by atoms with Crippen molar-refractivity contribution in [1.29, 1.82) is 0 Å². The zero-order valence-electron chi connectivity index (χ0n) is 12.8. The molecule has 21 heavy (non-hydrogen) atoms. The molecule has 0 spiro atoms. The van der Waals surface area contributed by atoms with E-state index in [0.29, 0.717) is 6.61 Å². The lowest BCUT2D eigenvalue weighted by atomic mass is 10.1. The quantitative estimate of drug-likeness (QED) is 0.875. The summed E-state index contributed by atoms with van der Waals surface area (Å²) in [4.78, 5) is 25.1. The molecule has 0 aliphatic carbocycles. The fourth-order valence-electron chi connectivity index (χ4n) is 2.46. The largest absolute Gasteiger partial charge is 0.480 e. The topological polar surface area (TPSA) is 84.7 Å². The van der Waals surface area contributed by atoms with Crippen molar-refractivity contribution >= 4 is 11.9 Å². The van der Waals surface area contributed by atoms with Gasteiger partial charge in [-0.3, -0.25) is 9.48 Å². The van der Waals surface area contributed by atoms with Crippen LogP contribution in [0, 0.1) is 6.92 Å². The summed E-state index contributed by atoms with van der Waals surface area (Å²) < 4.78 is 6.92. The van der Waals surface area contributed by atoms with Gasteiger partial charge in [-0.25, -0.2) is 4.79 Å². The van der Waals surface area contributed by atoms with Crippen molar-refractivity contribution < 1.29 is 19.4 Å². The number of hydrogen-bond acceptors (Lipinski definition) is 4. The zero-order chi connectivity index (χ0) is 15.8. The van der Waals surface area contributed by atoms with E-state index >= 15 is 0 Å². The monoisotopic (exact) mass is 295 g/mol. The van der Waals surface area contributed by atoms with Crippen molar-refractivity contribution in [3.63, 3.8) is 0 Å². The summed E-state index contributed by atoms with van der Waals surface area (Å²) in [5, 5.41) is 13.5. The van der Waals surface area contributed by atoms with Crippen LogP contribution in [0.3, 0.4) is 0 Å². The van der Waals surface area contributed by atoms with E-state index in [2.05, 4.69) is 5.10 Å². The Morgan fingerprint density at radius 1 is 1.43 bits per heavy atom. The van der Waals surface area contributed by atoms with E-state index in [-0.39, 0.29) is 30.3 Å². The molecule has 1 saturated heterocycles. The second kappa shape index (κ2) is 5.48. The zero-order valence-corrected chi connectivity index (χ0v) is 12.8. The third-order valence-corrected chi connectivity index (χ3v) is 3.42. The minimum atomic E-state index is -1.06. The normalized spacial score (nSPS) is 19.6. The van der Waals surface area contributed by atoms with E-state index in [1.54, 1.807) is 10.7 Å². The molecule has 7 heteroatoms. The molecule has 7 nitrogen and oxygen atoms in total. The Labute approximate surface area is 123 Å². The minimum absolute atomic E-state index is 0.0139. The van der Waals surface area contributed by atoms with E-state index in [0.717, 1.165) is 5.69 Å². The maximum absolute atomic E-state index is 12.5. The van der Waals surface area contributed by atoms with Gasteiger partial charge < -0.3 is 14.7 Å². The third kappa shape index (κ3) is 3.07. The van der Waals surface area contributed by atoms with Crippen LogP contribution in [0.5, 0.6) is 0 Å². The van der Waals surface area contributed by atoms with Gasteiger partial charge in [-0.1, -0.05) is 0 Å². The summed E-state index contributed by atoms with van der Waals surface area (Å²) in [6.45, 7) is 8.48. The van der Waals surface area contributed by atoms with Gasteiger partial charge in [0.2, 0.25) is 0 Å². The lowest BCUT2D eigenvalue weighted by molar-refractivity contribution is -0.147. The molecule has 1 atom stereocenters. The number of morpholine rings is 1. The maximum atomic E-state index is 12.5. The van der Waals surface area contributed by atoms with E-state index in [1.165, 1.54) is 4.90 Å². The van der Waals surface area contributed by atoms with E-state index < -0.39 is 12.0 Å². The number of nitrogens with zero attached hydrogens (tertiary/aromatic N) is 3. The highest BCUT2D eigenvalue weighted by Gasteiger charge is 2.34. The molecule has 1 aliphatic rings. The number of aromatic nitrogens is 2. The average molecular weight is 295 g/mol. The number of ether oxygens (including phenoxy) is 1. The van der Waals surface area contributed by atoms with Crippen molar-refractivity contribution in [1.82, 2.24) is 14.7 Å². The maximum Gasteiger partial charge on any atom is 0.328 e. The highest BCUT2D eigenvalue weighted by atomic mass is 16.5. The first-order chi connectivity index (χ1) is 9.71. The van der Waals surface area contributed by atoms with Crippen molar-refractivity contribution in [2.24, 2.45) is 0 Å². The number of carboxylic acids is 1. The van der Waals surface area contributed by atoms with Gasteiger partial charge in [-0.05, 0) is 33.8 Å². The fraction of sp³-hybridized carbons (Fsp3) is 0.643. The van der Waals surface area contributed by atoms with Crippen molar-refractivity contribution in [3.8, 4) is 0 Å². The van der Waals surface area contributed by atoms with E-state index in [1.807, 2.05) is 27.7 Å². The Balaban J connectivity index is 2.29. The van der Waals surface area contributed by atoms with Gasteiger partial charge in [-0.15, -0.1) is 0 Å². The predicted octanol–water partition coefficient (Wildman–Crippen LogP) is 0.872.